The van der Waals surface area contributed by atoms with Gasteiger partial charge in [-0.05, 0) is 51.5 Å². The summed E-state index contributed by atoms with van der Waals surface area (Å²) in [6.07, 6.45) is 4.79. The number of ether oxygens (including phenoxy) is 1. The summed E-state index contributed by atoms with van der Waals surface area (Å²) >= 11 is 0. The second-order valence-corrected chi connectivity index (χ2v) is 9.74. The first-order valence-electron chi connectivity index (χ1n) is 11.9. The molecule has 0 aliphatic carbocycles. The van der Waals surface area contributed by atoms with Crippen LogP contribution in [-0.4, -0.2) is 33.6 Å². The van der Waals surface area contributed by atoms with Crippen molar-refractivity contribution in [2.45, 2.75) is 39.7 Å². The zero-order valence-corrected chi connectivity index (χ0v) is 21.7. The fourth-order valence-corrected chi connectivity index (χ4v) is 3.95. The maximum absolute atomic E-state index is 14.4. The third-order valence-corrected chi connectivity index (χ3v) is 6.00. The van der Waals surface area contributed by atoms with Gasteiger partial charge in [-0.25, -0.2) is 4.39 Å². The summed E-state index contributed by atoms with van der Waals surface area (Å²) in [6, 6.07) is 9.66. The molecule has 2 heterocycles. The quantitative estimate of drug-likeness (QED) is 0.380. The zero-order valence-electron chi connectivity index (χ0n) is 21.7. The number of hydrogen-bond acceptors (Lipinski definition) is 6. The molecule has 10 heteroatoms. The van der Waals surface area contributed by atoms with Gasteiger partial charge in [-0.1, -0.05) is 6.07 Å². The summed E-state index contributed by atoms with van der Waals surface area (Å²) in [7, 11) is 1.42. The fourth-order valence-electron chi connectivity index (χ4n) is 3.95. The number of fused-ring (bicyclic) bond motifs is 1. The van der Waals surface area contributed by atoms with E-state index in [0.29, 0.717) is 44.8 Å². The standard InChI is InChI=1S/C28H27FN6O3/c1-16-21(13-30)17(10-26(36)34-18-14-33-35(15-18)28(2,3)4)6-7-24(16)38-25-8-9-32-23-12-22(29)19(11-20(23)25)27(37)31-5/h6-9,11-12,14-15H,10H2,1-5H3,(H,31,37)(H,34,36). The fraction of sp³-hybridized carbons (Fsp3) is 0.250. The largest absolute Gasteiger partial charge is 0.456 e. The van der Waals surface area contributed by atoms with Gasteiger partial charge in [-0.2, -0.15) is 10.4 Å². The van der Waals surface area contributed by atoms with E-state index in [9.17, 15) is 19.2 Å². The lowest BCUT2D eigenvalue weighted by atomic mass is 9.99. The molecule has 4 rings (SSSR count). The lowest BCUT2D eigenvalue weighted by Crippen LogP contribution is -2.22. The van der Waals surface area contributed by atoms with E-state index in [1.165, 1.54) is 25.4 Å². The van der Waals surface area contributed by atoms with E-state index < -0.39 is 11.7 Å². The van der Waals surface area contributed by atoms with Gasteiger partial charge in [0.05, 0.1) is 46.6 Å². The highest BCUT2D eigenvalue weighted by atomic mass is 19.1. The molecule has 0 aliphatic rings. The van der Waals surface area contributed by atoms with Crippen molar-refractivity contribution in [1.29, 1.82) is 5.26 Å². The van der Waals surface area contributed by atoms with Crippen LogP contribution >= 0.6 is 0 Å². The molecule has 2 N–H and O–H groups in total. The first-order chi connectivity index (χ1) is 18.0. The van der Waals surface area contributed by atoms with Gasteiger partial charge in [0.25, 0.3) is 5.91 Å². The minimum absolute atomic E-state index is 0.0162. The number of carbonyl (C=O) groups is 2. The number of rotatable bonds is 6. The predicted molar refractivity (Wildman–Crippen MR) is 141 cm³/mol. The van der Waals surface area contributed by atoms with Gasteiger partial charge in [-0.15, -0.1) is 0 Å². The Labute approximate surface area is 219 Å². The highest BCUT2D eigenvalue weighted by Crippen LogP contribution is 2.34. The van der Waals surface area contributed by atoms with Crippen LogP contribution in [0, 0.1) is 24.1 Å². The van der Waals surface area contributed by atoms with Gasteiger partial charge in [0.15, 0.2) is 0 Å². The Hall–Kier alpha value is -4.78. The monoisotopic (exact) mass is 514 g/mol. The third kappa shape index (κ3) is 5.32. The number of benzene rings is 2. The van der Waals surface area contributed by atoms with Crippen LogP contribution in [0.3, 0.4) is 0 Å². The van der Waals surface area contributed by atoms with Gasteiger partial charge in [0, 0.05) is 36.5 Å². The molecule has 0 bridgehead atoms. The first-order valence-corrected chi connectivity index (χ1v) is 11.9. The molecule has 0 spiro atoms. The van der Waals surface area contributed by atoms with Crippen molar-refractivity contribution in [2.75, 3.05) is 12.4 Å². The highest BCUT2D eigenvalue weighted by molar-refractivity contribution is 5.99. The second-order valence-electron chi connectivity index (χ2n) is 9.74. The van der Waals surface area contributed by atoms with Crippen LogP contribution in [0.4, 0.5) is 10.1 Å². The van der Waals surface area contributed by atoms with E-state index in [4.69, 9.17) is 4.74 Å². The van der Waals surface area contributed by atoms with Crippen LogP contribution in [0.5, 0.6) is 11.5 Å². The minimum atomic E-state index is -0.696. The van der Waals surface area contributed by atoms with Crippen molar-refractivity contribution >= 4 is 28.4 Å². The number of pyridine rings is 1. The maximum Gasteiger partial charge on any atom is 0.254 e. The minimum Gasteiger partial charge on any atom is -0.456 e. The normalized spacial score (nSPS) is 11.2. The molecule has 38 heavy (non-hydrogen) atoms. The van der Waals surface area contributed by atoms with Crippen LogP contribution in [-0.2, 0) is 16.8 Å². The molecule has 0 radical (unpaired) electrons. The van der Waals surface area contributed by atoms with E-state index in [0.717, 1.165) is 0 Å². The van der Waals surface area contributed by atoms with E-state index in [-0.39, 0.29) is 23.4 Å². The van der Waals surface area contributed by atoms with Crippen molar-refractivity contribution < 1.29 is 18.7 Å². The second kappa shape index (κ2) is 10.3. The summed E-state index contributed by atoms with van der Waals surface area (Å²) in [5.41, 5.74) is 1.92. The van der Waals surface area contributed by atoms with Gasteiger partial charge >= 0.3 is 0 Å². The van der Waals surface area contributed by atoms with Crippen LogP contribution in [0.2, 0.25) is 0 Å². The number of nitriles is 1. The Morgan fingerprint density at radius 2 is 1.95 bits per heavy atom. The van der Waals surface area contributed by atoms with E-state index in [2.05, 4.69) is 26.8 Å². The van der Waals surface area contributed by atoms with Crippen LogP contribution in [0.15, 0.2) is 48.9 Å². The summed E-state index contributed by atoms with van der Waals surface area (Å²) in [5.74, 6) is -0.829. The number of anilines is 1. The summed E-state index contributed by atoms with van der Waals surface area (Å²) in [4.78, 5) is 29.0. The zero-order chi connectivity index (χ0) is 27.6. The van der Waals surface area contributed by atoms with Crippen LogP contribution in [0.1, 0.15) is 47.8 Å². The van der Waals surface area contributed by atoms with Crippen LogP contribution in [0.25, 0.3) is 10.9 Å². The van der Waals surface area contributed by atoms with E-state index in [1.54, 1.807) is 42.2 Å². The number of nitrogens with one attached hydrogen (secondary N) is 2. The number of hydrogen-bond donors (Lipinski definition) is 2. The molecular weight excluding hydrogens is 487 g/mol. The van der Waals surface area contributed by atoms with E-state index >= 15 is 0 Å². The van der Waals surface area contributed by atoms with Crippen molar-refractivity contribution in [3.05, 3.63) is 77.0 Å². The van der Waals surface area contributed by atoms with Gasteiger partial charge in [0.2, 0.25) is 5.91 Å². The molecule has 0 fully saturated rings. The summed E-state index contributed by atoms with van der Waals surface area (Å²) in [5, 5.41) is 19.8. The average Bonchev–Trinajstić information content (AvgIpc) is 3.34. The lowest BCUT2D eigenvalue weighted by Gasteiger charge is -2.18. The molecule has 194 valence electrons. The molecule has 0 aliphatic heterocycles. The molecule has 2 amide bonds. The van der Waals surface area contributed by atoms with Gasteiger partial charge < -0.3 is 15.4 Å². The lowest BCUT2D eigenvalue weighted by molar-refractivity contribution is -0.115. The summed E-state index contributed by atoms with van der Waals surface area (Å²) in [6.45, 7) is 7.74. The van der Waals surface area contributed by atoms with Gasteiger partial charge in [0.1, 0.15) is 17.3 Å². The topological polar surface area (TPSA) is 122 Å². The summed E-state index contributed by atoms with van der Waals surface area (Å²) < 4.78 is 22.3. The molecule has 2 aromatic heterocycles. The van der Waals surface area contributed by atoms with Crippen molar-refractivity contribution in [3.8, 4) is 17.6 Å². The molecule has 2 aromatic carbocycles. The molecule has 0 saturated carbocycles. The number of amides is 2. The molecular formula is C28H27FN6O3. The van der Waals surface area contributed by atoms with Crippen LogP contribution < -0.4 is 15.4 Å². The SMILES string of the molecule is CNC(=O)c1cc2c(Oc3ccc(CC(=O)Nc4cnn(C(C)(C)C)c4)c(C#N)c3C)ccnc2cc1F. The smallest absolute Gasteiger partial charge is 0.254 e. The Morgan fingerprint density at radius 3 is 2.61 bits per heavy atom. The Bertz CT molecular complexity index is 1600. The Kier molecular flexibility index (Phi) is 7.12. The molecule has 0 saturated heterocycles. The molecule has 0 atom stereocenters. The number of nitrogens with zero attached hydrogens (tertiary/aromatic N) is 4. The van der Waals surface area contributed by atoms with Gasteiger partial charge in [-0.3, -0.25) is 19.3 Å². The number of aromatic nitrogens is 3. The Morgan fingerprint density at radius 1 is 1.18 bits per heavy atom. The number of halogens is 1. The molecule has 9 nitrogen and oxygen atoms in total. The number of carbonyl (C=O) groups excluding carboxylic acids is 2. The van der Waals surface area contributed by atoms with Crippen molar-refractivity contribution in [1.82, 2.24) is 20.1 Å². The highest BCUT2D eigenvalue weighted by Gasteiger charge is 2.19. The predicted octanol–water partition coefficient (Wildman–Crippen LogP) is 4.84. The molecule has 0 unspecified atom stereocenters. The van der Waals surface area contributed by atoms with Crippen molar-refractivity contribution in [3.63, 3.8) is 0 Å². The van der Waals surface area contributed by atoms with E-state index in [1.807, 2.05) is 20.8 Å². The third-order valence-electron chi connectivity index (χ3n) is 6.00. The average molecular weight is 515 g/mol. The molecule has 4 aromatic rings. The van der Waals surface area contributed by atoms with Crippen molar-refractivity contribution in [2.24, 2.45) is 0 Å². The Balaban J connectivity index is 1.60. The first kappa shape index (κ1) is 26.3. The maximum atomic E-state index is 14.4.